The van der Waals surface area contributed by atoms with E-state index in [2.05, 4.69) is 39.9 Å². The molecule has 15 heavy (non-hydrogen) atoms. The van der Waals surface area contributed by atoms with Gasteiger partial charge in [0.15, 0.2) is 0 Å². The largest absolute Gasteiger partial charge is 0.395 e. The van der Waals surface area contributed by atoms with Crippen molar-refractivity contribution in [2.75, 3.05) is 6.61 Å². The van der Waals surface area contributed by atoms with Crippen molar-refractivity contribution in [1.29, 1.82) is 0 Å². The van der Waals surface area contributed by atoms with Crippen LogP contribution in [-0.4, -0.2) is 23.8 Å². The molecule has 0 aliphatic heterocycles. The van der Waals surface area contributed by atoms with Crippen LogP contribution in [0.2, 0.25) is 0 Å². The Morgan fingerprint density at radius 2 is 1.67 bits per heavy atom. The summed E-state index contributed by atoms with van der Waals surface area (Å²) in [6, 6.07) is 0.774. The monoisotopic (exact) mass is 215 g/mol. The van der Waals surface area contributed by atoms with Crippen molar-refractivity contribution in [2.24, 2.45) is 11.8 Å². The summed E-state index contributed by atoms with van der Waals surface area (Å²) in [6.45, 7) is 11.3. The number of hydrogen-bond acceptors (Lipinski definition) is 2. The van der Waals surface area contributed by atoms with Crippen molar-refractivity contribution in [3.8, 4) is 0 Å². The van der Waals surface area contributed by atoms with Gasteiger partial charge in [-0.1, -0.05) is 34.1 Å². The molecule has 0 saturated carbocycles. The third-order valence-corrected chi connectivity index (χ3v) is 3.20. The minimum Gasteiger partial charge on any atom is -0.395 e. The minimum atomic E-state index is 0.251. The van der Waals surface area contributed by atoms with E-state index in [4.69, 9.17) is 0 Å². The molecule has 0 spiro atoms. The van der Waals surface area contributed by atoms with Crippen LogP contribution < -0.4 is 5.32 Å². The van der Waals surface area contributed by atoms with Crippen LogP contribution in [-0.2, 0) is 0 Å². The highest BCUT2D eigenvalue weighted by Gasteiger charge is 2.16. The Labute approximate surface area is 95.5 Å². The molecule has 2 nitrogen and oxygen atoms in total. The van der Waals surface area contributed by atoms with Gasteiger partial charge in [0.05, 0.1) is 6.61 Å². The fraction of sp³-hybridized carbons (Fsp3) is 1.00. The zero-order valence-electron chi connectivity index (χ0n) is 11.1. The number of nitrogens with one attached hydrogen (secondary N) is 1. The molecule has 0 rings (SSSR count). The maximum Gasteiger partial charge on any atom is 0.0587 e. The van der Waals surface area contributed by atoms with E-state index in [-0.39, 0.29) is 12.6 Å². The second-order valence-electron chi connectivity index (χ2n) is 5.21. The number of aliphatic hydroxyl groups excluding tert-OH is 1. The Kier molecular flexibility index (Phi) is 8.07. The molecule has 0 aromatic rings. The number of rotatable bonds is 8. The molecule has 0 aliphatic rings. The molecule has 2 N–H and O–H groups in total. The summed E-state index contributed by atoms with van der Waals surface area (Å²) in [4.78, 5) is 0. The van der Waals surface area contributed by atoms with Crippen LogP contribution in [0.3, 0.4) is 0 Å². The summed E-state index contributed by atoms with van der Waals surface area (Å²) in [5.74, 6) is 1.32. The average Bonchev–Trinajstić information content (AvgIpc) is 2.21. The summed E-state index contributed by atoms with van der Waals surface area (Å²) < 4.78 is 0. The Balaban J connectivity index is 3.85. The maximum absolute atomic E-state index is 9.29. The fourth-order valence-corrected chi connectivity index (χ4v) is 1.71. The zero-order chi connectivity index (χ0) is 11.8. The first-order valence-electron chi connectivity index (χ1n) is 6.38. The van der Waals surface area contributed by atoms with Gasteiger partial charge in [-0.3, -0.25) is 0 Å². The van der Waals surface area contributed by atoms with Gasteiger partial charge in [-0.05, 0) is 31.6 Å². The first kappa shape index (κ1) is 14.9. The second kappa shape index (κ2) is 8.12. The summed E-state index contributed by atoms with van der Waals surface area (Å²) in [7, 11) is 0. The van der Waals surface area contributed by atoms with E-state index in [1.807, 2.05) is 0 Å². The van der Waals surface area contributed by atoms with Gasteiger partial charge in [-0.25, -0.2) is 0 Å². The lowest BCUT2D eigenvalue weighted by Crippen LogP contribution is -2.43. The van der Waals surface area contributed by atoms with Crippen LogP contribution in [0.5, 0.6) is 0 Å². The van der Waals surface area contributed by atoms with Crippen molar-refractivity contribution in [2.45, 2.75) is 66.0 Å². The summed E-state index contributed by atoms with van der Waals surface area (Å²) >= 11 is 0. The molecule has 0 heterocycles. The molecule has 2 heteroatoms. The lowest BCUT2D eigenvalue weighted by Gasteiger charge is -2.26. The van der Waals surface area contributed by atoms with Gasteiger partial charge in [0, 0.05) is 12.1 Å². The Bertz CT molecular complexity index is 147. The van der Waals surface area contributed by atoms with Crippen LogP contribution >= 0.6 is 0 Å². The highest BCUT2D eigenvalue weighted by atomic mass is 16.3. The van der Waals surface area contributed by atoms with Crippen LogP contribution in [0, 0.1) is 11.8 Å². The standard InChI is InChI=1S/C13H29NO/c1-6-11(4)13(9-15)14-12(5)8-7-10(2)3/h10-15H,6-9H2,1-5H3. The Morgan fingerprint density at radius 1 is 1.07 bits per heavy atom. The second-order valence-corrected chi connectivity index (χ2v) is 5.21. The predicted octanol–water partition coefficient (Wildman–Crippen LogP) is 2.81. The SMILES string of the molecule is CCC(C)C(CO)NC(C)CCC(C)C. The van der Waals surface area contributed by atoms with E-state index in [1.54, 1.807) is 0 Å². The zero-order valence-corrected chi connectivity index (χ0v) is 11.1. The molecule has 0 aromatic carbocycles. The van der Waals surface area contributed by atoms with E-state index in [0.717, 1.165) is 12.3 Å². The lowest BCUT2D eigenvalue weighted by atomic mass is 9.97. The van der Waals surface area contributed by atoms with Gasteiger partial charge >= 0.3 is 0 Å². The number of aliphatic hydroxyl groups is 1. The van der Waals surface area contributed by atoms with Crippen molar-refractivity contribution in [3.05, 3.63) is 0 Å². The Morgan fingerprint density at radius 3 is 2.07 bits per heavy atom. The van der Waals surface area contributed by atoms with E-state index >= 15 is 0 Å². The molecule has 3 atom stereocenters. The van der Waals surface area contributed by atoms with E-state index < -0.39 is 0 Å². The van der Waals surface area contributed by atoms with Crippen LogP contribution in [0.15, 0.2) is 0 Å². The molecule has 3 unspecified atom stereocenters. The third kappa shape index (κ3) is 6.91. The van der Waals surface area contributed by atoms with Gasteiger partial charge in [-0.2, -0.15) is 0 Å². The first-order chi connectivity index (χ1) is 7.01. The molecular formula is C13H29NO. The molecule has 0 radical (unpaired) electrons. The van der Waals surface area contributed by atoms with Crippen molar-refractivity contribution in [3.63, 3.8) is 0 Å². The number of hydrogen-bond donors (Lipinski definition) is 2. The summed E-state index contributed by atoms with van der Waals surface area (Å²) in [5.41, 5.74) is 0. The van der Waals surface area contributed by atoms with Gasteiger partial charge in [0.2, 0.25) is 0 Å². The summed E-state index contributed by atoms with van der Waals surface area (Å²) in [5, 5.41) is 12.8. The van der Waals surface area contributed by atoms with Gasteiger partial charge < -0.3 is 10.4 Å². The normalized spacial score (nSPS) is 17.8. The highest BCUT2D eigenvalue weighted by molar-refractivity contribution is 4.75. The molecular weight excluding hydrogens is 186 g/mol. The predicted molar refractivity (Wildman–Crippen MR) is 67.0 cm³/mol. The third-order valence-electron chi connectivity index (χ3n) is 3.20. The molecule has 0 fully saturated rings. The molecule has 0 bridgehead atoms. The quantitative estimate of drug-likeness (QED) is 0.652. The summed E-state index contributed by atoms with van der Waals surface area (Å²) in [6.07, 6.45) is 3.58. The van der Waals surface area contributed by atoms with Gasteiger partial charge in [-0.15, -0.1) is 0 Å². The van der Waals surface area contributed by atoms with Crippen molar-refractivity contribution in [1.82, 2.24) is 5.32 Å². The van der Waals surface area contributed by atoms with E-state index in [0.29, 0.717) is 12.0 Å². The molecule has 0 saturated heterocycles. The minimum absolute atomic E-state index is 0.251. The average molecular weight is 215 g/mol. The topological polar surface area (TPSA) is 32.3 Å². The molecule has 0 aliphatic carbocycles. The smallest absolute Gasteiger partial charge is 0.0587 e. The lowest BCUT2D eigenvalue weighted by molar-refractivity contribution is 0.189. The van der Waals surface area contributed by atoms with E-state index in [1.165, 1.54) is 12.8 Å². The highest BCUT2D eigenvalue weighted by Crippen LogP contribution is 2.11. The van der Waals surface area contributed by atoms with Gasteiger partial charge in [0.25, 0.3) is 0 Å². The molecule has 0 aromatic heterocycles. The van der Waals surface area contributed by atoms with E-state index in [9.17, 15) is 5.11 Å². The van der Waals surface area contributed by atoms with Gasteiger partial charge in [0.1, 0.15) is 0 Å². The van der Waals surface area contributed by atoms with Crippen LogP contribution in [0.4, 0.5) is 0 Å². The van der Waals surface area contributed by atoms with Crippen molar-refractivity contribution < 1.29 is 5.11 Å². The van der Waals surface area contributed by atoms with Crippen LogP contribution in [0.25, 0.3) is 0 Å². The van der Waals surface area contributed by atoms with Crippen LogP contribution in [0.1, 0.15) is 53.9 Å². The molecule has 0 amide bonds. The van der Waals surface area contributed by atoms with Crippen molar-refractivity contribution >= 4 is 0 Å². The fourth-order valence-electron chi connectivity index (χ4n) is 1.71. The Hall–Kier alpha value is -0.0800. The maximum atomic E-state index is 9.29. The first-order valence-corrected chi connectivity index (χ1v) is 6.38. The molecule has 92 valence electrons.